The first-order valence-electron chi connectivity index (χ1n) is 4.00. The van der Waals surface area contributed by atoms with E-state index in [4.69, 9.17) is 9.84 Å². The van der Waals surface area contributed by atoms with Gasteiger partial charge in [0.05, 0.1) is 6.20 Å². The summed E-state index contributed by atoms with van der Waals surface area (Å²) < 4.78 is 5.25. The van der Waals surface area contributed by atoms with E-state index in [1.54, 1.807) is 24.3 Å². The molecule has 0 bridgehead atoms. The number of phenolic OH excluding ortho intramolecular Hbond substituents is 1. The topological polar surface area (TPSA) is 55.2 Å². The monoisotopic (exact) mass is 187 g/mol. The van der Waals surface area contributed by atoms with Gasteiger partial charge >= 0.3 is 6.01 Å². The maximum absolute atomic E-state index is 9.16. The lowest BCUT2D eigenvalue weighted by Gasteiger charge is -2.02. The molecular weight excluding hydrogens is 180 g/mol. The fourth-order valence-electron chi connectivity index (χ4n) is 0.957. The van der Waals surface area contributed by atoms with Crippen molar-refractivity contribution in [1.29, 1.82) is 0 Å². The molecule has 0 atom stereocenters. The summed E-state index contributed by atoms with van der Waals surface area (Å²) in [5.41, 5.74) is 0. The lowest BCUT2D eigenvalue weighted by atomic mass is 10.3. The summed E-state index contributed by atoms with van der Waals surface area (Å²) >= 11 is 0. The van der Waals surface area contributed by atoms with Crippen molar-refractivity contribution in [1.82, 2.24) is 9.97 Å². The van der Waals surface area contributed by atoms with Crippen molar-refractivity contribution in [3.8, 4) is 17.5 Å². The maximum atomic E-state index is 9.16. The molecule has 0 aliphatic carbocycles. The zero-order valence-electron chi connectivity index (χ0n) is 7.21. The molecule has 4 nitrogen and oxygen atoms in total. The molecule has 2 aromatic rings. The van der Waals surface area contributed by atoms with Crippen LogP contribution in [-0.4, -0.2) is 15.1 Å². The van der Waals surface area contributed by atoms with E-state index in [1.165, 1.54) is 12.3 Å². The molecule has 2 rings (SSSR count). The Labute approximate surface area is 80.8 Å². The van der Waals surface area contributed by atoms with E-state index in [0.717, 1.165) is 0 Å². The quantitative estimate of drug-likeness (QED) is 0.778. The van der Waals surface area contributed by atoms with E-state index >= 15 is 0 Å². The van der Waals surface area contributed by atoms with Gasteiger partial charge in [0.15, 0.2) is 0 Å². The molecule has 0 amide bonds. The Kier molecular flexibility index (Phi) is 2.27. The molecule has 1 aromatic heterocycles. The molecule has 1 heterocycles. The van der Waals surface area contributed by atoms with Gasteiger partial charge in [-0.05, 0) is 18.2 Å². The Morgan fingerprint density at radius 3 is 3.00 bits per heavy atom. The second-order valence-corrected chi connectivity index (χ2v) is 2.57. The van der Waals surface area contributed by atoms with E-state index in [9.17, 15) is 0 Å². The summed E-state index contributed by atoms with van der Waals surface area (Å²) in [6, 6.07) is 8.21. The van der Waals surface area contributed by atoms with Crippen molar-refractivity contribution in [3.63, 3.8) is 0 Å². The number of hydrogen-bond acceptors (Lipinski definition) is 4. The van der Waals surface area contributed by atoms with Gasteiger partial charge in [-0.2, -0.15) is 4.98 Å². The minimum Gasteiger partial charge on any atom is -0.508 e. The predicted molar refractivity (Wildman–Crippen MR) is 49.0 cm³/mol. The van der Waals surface area contributed by atoms with Gasteiger partial charge in [-0.15, -0.1) is 0 Å². The molecule has 0 aliphatic heterocycles. The van der Waals surface area contributed by atoms with Crippen LogP contribution in [0.25, 0.3) is 0 Å². The molecule has 1 N–H and O–H groups in total. The summed E-state index contributed by atoms with van der Waals surface area (Å²) in [6.07, 6.45) is 4.13. The zero-order chi connectivity index (χ0) is 9.80. The first kappa shape index (κ1) is 8.50. The van der Waals surface area contributed by atoms with Gasteiger partial charge in [-0.1, -0.05) is 6.07 Å². The van der Waals surface area contributed by atoms with E-state index in [2.05, 4.69) is 16.2 Å². The molecule has 14 heavy (non-hydrogen) atoms. The number of rotatable bonds is 2. The Morgan fingerprint density at radius 1 is 1.36 bits per heavy atom. The highest BCUT2D eigenvalue weighted by molar-refractivity contribution is 5.33. The van der Waals surface area contributed by atoms with Crippen LogP contribution in [0.15, 0.2) is 36.5 Å². The van der Waals surface area contributed by atoms with Crippen LogP contribution in [0.1, 0.15) is 0 Å². The van der Waals surface area contributed by atoms with Crippen LogP contribution >= 0.6 is 0 Å². The van der Waals surface area contributed by atoms with E-state index in [-0.39, 0.29) is 11.8 Å². The molecule has 69 valence electrons. The normalized spacial score (nSPS) is 9.71. The molecule has 4 heteroatoms. The molecule has 0 fully saturated rings. The summed E-state index contributed by atoms with van der Waals surface area (Å²) in [6.45, 7) is 0. The molecule has 0 saturated carbocycles. The average molecular weight is 187 g/mol. The number of phenols is 1. The van der Waals surface area contributed by atoms with Gasteiger partial charge in [0.1, 0.15) is 11.5 Å². The summed E-state index contributed by atoms with van der Waals surface area (Å²) in [5.74, 6) is 0.631. The maximum Gasteiger partial charge on any atom is 0.322 e. The smallest absolute Gasteiger partial charge is 0.322 e. The van der Waals surface area contributed by atoms with Crippen LogP contribution in [0.3, 0.4) is 0 Å². The third-order valence-electron chi connectivity index (χ3n) is 1.52. The third-order valence-corrected chi connectivity index (χ3v) is 1.52. The van der Waals surface area contributed by atoms with E-state index in [0.29, 0.717) is 5.75 Å². The van der Waals surface area contributed by atoms with Crippen molar-refractivity contribution in [2.75, 3.05) is 0 Å². The third kappa shape index (κ3) is 1.98. The zero-order valence-corrected chi connectivity index (χ0v) is 7.21. The van der Waals surface area contributed by atoms with Gasteiger partial charge in [0.2, 0.25) is 0 Å². The highest BCUT2D eigenvalue weighted by atomic mass is 16.5. The van der Waals surface area contributed by atoms with Crippen LogP contribution in [0.5, 0.6) is 17.5 Å². The highest BCUT2D eigenvalue weighted by Gasteiger charge is 1.98. The fourth-order valence-corrected chi connectivity index (χ4v) is 0.957. The predicted octanol–water partition coefficient (Wildman–Crippen LogP) is 1.77. The highest BCUT2D eigenvalue weighted by Crippen LogP contribution is 2.21. The Bertz CT molecular complexity index is 417. The van der Waals surface area contributed by atoms with Crippen LogP contribution in [0, 0.1) is 6.20 Å². The van der Waals surface area contributed by atoms with Crippen LogP contribution < -0.4 is 4.74 Å². The molecular formula is C10H7N2O2. The second kappa shape index (κ2) is 3.74. The first-order valence-corrected chi connectivity index (χ1v) is 4.00. The Hall–Kier alpha value is -2.10. The van der Waals surface area contributed by atoms with Crippen molar-refractivity contribution >= 4 is 0 Å². The first-order chi connectivity index (χ1) is 6.84. The molecule has 0 saturated heterocycles. The molecule has 0 aliphatic rings. The molecule has 0 spiro atoms. The number of ether oxygens (including phenoxy) is 1. The van der Waals surface area contributed by atoms with Gasteiger partial charge in [-0.25, -0.2) is 4.98 Å². The summed E-state index contributed by atoms with van der Waals surface area (Å²) in [4.78, 5) is 7.62. The van der Waals surface area contributed by atoms with E-state index in [1.807, 2.05) is 0 Å². The standard InChI is InChI=1S/C10H7N2O2/c13-8-3-1-4-9(7-8)14-10-11-5-2-6-12-10/h1-5,7,13H. The van der Waals surface area contributed by atoms with Gasteiger partial charge < -0.3 is 9.84 Å². The minimum atomic E-state index is 0.141. The average Bonchev–Trinajstić information content (AvgIpc) is 2.19. The molecule has 1 radical (unpaired) electrons. The van der Waals surface area contributed by atoms with Gasteiger partial charge in [0.25, 0.3) is 0 Å². The largest absolute Gasteiger partial charge is 0.508 e. The number of hydrogen-bond donors (Lipinski definition) is 1. The van der Waals surface area contributed by atoms with Gasteiger partial charge in [0, 0.05) is 12.3 Å². The van der Waals surface area contributed by atoms with E-state index < -0.39 is 0 Å². The Balaban J connectivity index is 2.19. The molecule has 0 unspecified atom stereocenters. The minimum absolute atomic E-state index is 0.141. The van der Waals surface area contributed by atoms with Gasteiger partial charge in [-0.3, -0.25) is 0 Å². The van der Waals surface area contributed by atoms with Crippen molar-refractivity contribution in [2.24, 2.45) is 0 Å². The lowest BCUT2D eigenvalue weighted by molar-refractivity contribution is 0.431. The summed E-state index contributed by atoms with van der Waals surface area (Å²) in [7, 11) is 0. The van der Waals surface area contributed by atoms with Crippen LogP contribution in [0.4, 0.5) is 0 Å². The van der Waals surface area contributed by atoms with Crippen molar-refractivity contribution in [2.45, 2.75) is 0 Å². The van der Waals surface area contributed by atoms with Crippen molar-refractivity contribution < 1.29 is 9.84 Å². The molecule has 1 aromatic carbocycles. The van der Waals surface area contributed by atoms with Crippen molar-refractivity contribution in [3.05, 3.63) is 42.7 Å². The second-order valence-electron chi connectivity index (χ2n) is 2.57. The fraction of sp³-hybridized carbons (Fsp3) is 0. The number of aromatic hydroxyl groups is 1. The van der Waals surface area contributed by atoms with Crippen LogP contribution in [0.2, 0.25) is 0 Å². The lowest BCUT2D eigenvalue weighted by Crippen LogP contribution is -1.89. The SMILES string of the molecule is Oc1cccc(Oc2n[c]ccn2)c1. The number of nitrogens with zero attached hydrogens (tertiary/aromatic N) is 2. The Morgan fingerprint density at radius 2 is 2.29 bits per heavy atom. The van der Waals surface area contributed by atoms with Crippen LogP contribution in [-0.2, 0) is 0 Å². The number of aromatic nitrogens is 2. The summed E-state index contributed by atoms with van der Waals surface area (Å²) in [5, 5.41) is 9.16. The number of benzene rings is 1.